The molecule has 0 N–H and O–H groups in total. The second-order valence-electron chi connectivity index (χ2n) is 3.61. The highest BCUT2D eigenvalue weighted by Crippen LogP contribution is 2.23. The first-order chi connectivity index (χ1) is 8.56. The maximum Gasteiger partial charge on any atom is 0.141 e. The van der Waals surface area contributed by atoms with Gasteiger partial charge in [0, 0.05) is 0 Å². The summed E-state index contributed by atoms with van der Waals surface area (Å²) in [5.74, 6) is -0.305. The average molecular weight is 334 g/mol. The lowest BCUT2D eigenvalue weighted by Gasteiger charge is -2.07. The lowest BCUT2D eigenvalue weighted by Crippen LogP contribution is -1.96. The average Bonchev–Trinajstić information content (AvgIpc) is 2.35. The molecule has 94 valence electrons. The third-order valence-corrected chi connectivity index (χ3v) is 3.18. The highest BCUT2D eigenvalue weighted by molar-refractivity contribution is 9.10. The standard InChI is InChI=1S/C13H8BrClF2O/c14-10-6-9(2-4-12(10)16)18-7-8-1-3-13(17)11(15)5-8/h1-6H,7H2. The summed E-state index contributed by atoms with van der Waals surface area (Å²) in [7, 11) is 0. The smallest absolute Gasteiger partial charge is 0.141 e. The van der Waals surface area contributed by atoms with Gasteiger partial charge < -0.3 is 4.74 Å². The Morgan fingerprint density at radius 3 is 2.44 bits per heavy atom. The van der Waals surface area contributed by atoms with Gasteiger partial charge in [-0.25, -0.2) is 8.78 Å². The first-order valence-electron chi connectivity index (χ1n) is 5.08. The Hall–Kier alpha value is -1.13. The molecule has 1 nitrogen and oxygen atoms in total. The van der Waals surface area contributed by atoms with Crippen molar-refractivity contribution in [1.82, 2.24) is 0 Å². The molecule has 0 amide bonds. The zero-order valence-corrected chi connectivity index (χ0v) is 11.4. The molecule has 0 aliphatic heterocycles. The Labute approximate surface area is 116 Å². The van der Waals surface area contributed by atoms with E-state index in [1.165, 1.54) is 30.3 Å². The van der Waals surface area contributed by atoms with E-state index in [1.807, 2.05) is 0 Å². The number of ether oxygens (including phenoxy) is 1. The molecular weight excluding hydrogens is 325 g/mol. The van der Waals surface area contributed by atoms with Crippen LogP contribution in [0.15, 0.2) is 40.9 Å². The molecule has 2 aromatic rings. The summed E-state index contributed by atoms with van der Waals surface area (Å²) in [6.07, 6.45) is 0. The minimum Gasteiger partial charge on any atom is -0.489 e. The molecule has 18 heavy (non-hydrogen) atoms. The summed E-state index contributed by atoms with van der Waals surface area (Å²) in [6.45, 7) is 0.234. The van der Waals surface area contributed by atoms with E-state index in [9.17, 15) is 8.78 Å². The van der Waals surface area contributed by atoms with Crippen molar-refractivity contribution >= 4 is 27.5 Å². The van der Waals surface area contributed by atoms with E-state index >= 15 is 0 Å². The molecule has 0 radical (unpaired) electrons. The first kappa shape index (κ1) is 13.3. The minimum atomic E-state index is -0.468. The van der Waals surface area contributed by atoms with Gasteiger partial charge in [-0.05, 0) is 51.8 Å². The van der Waals surface area contributed by atoms with Crippen LogP contribution in [0.5, 0.6) is 5.75 Å². The van der Waals surface area contributed by atoms with Crippen LogP contribution in [0.4, 0.5) is 8.78 Å². The van der Waals surface area contributed by atoms with E-state index < -0.39 is 5.82 Å². The minimum absolute atomic E-state index is 0.0522. The maximum atomic E-state index is 13.0. The summed E-state index contributed by atoms with van der Waals surface area (Å²) < 4.78 is 31.7. The predicted octanol–water partition coefficient (Wildman–Crippen LogP) is 4.96. The molecule has 2 aromatic carbocycles. The van der Waals surface area contributed by atoms with E-state index in [-0.39, 0.29) is 17.4 Å². The van der Waals surface area contributed by atoms with E-state index in [0.717, 1.165) is 5.56 Å². The van der Waals surface area contributed by atoms with Gasteiger partial charge in [0.25, 0.3) is 0 Å². The van der Waals surface area contributed by atoms with Crippen molar-refractivity contribution in [3.05, 3.63) is 63.1 Å². The van der Waals surface area contributed by atoms with Crippen molar-refractivity contribution < 1.29 is 13.5 Å². The van der Waals surface area contributed by atoms with E-state index in [4.69, 9.17) is 16.3 Å². The molecule has 2 rings (SSSR count). The quantitative estimate of drug-likeness (QED) is 0.771. The van der Waals surface area contributed by atoms with Gasteiger partial charge in [-0.15, -0.1) is 0 Å². The molecule has 5 heteroatoms. The summed E-state index contributed by atoms with van der Waals surface area (Å²) >= 11 is 8.72. The fraction of sp³-hybridized carbons (Fsp3) is 0.0769. The van der Waals surface area contributed by atoms with E-state index in [1.54, 1.807) is 6.07 Å². The molecule has 0 unspecified atom stereocenters. The van der Waals surface area contributed by atoms with Crippen LogP contribution in [0, 0.1) is 11.6 Å². The van der Waals surface area contributed by atoms with Crippen LogP contribution in [-0.4, -0.2) is 0 Å². The molecule has 0 bridgehead atoms. The van der Waals surface area contributed by atoms with Crippen LogP contribution in [0.3, 0.4) is 0 Å². The molecule has 0 aliphatic carbocycles. The molecule has 0 saturated heterocycles. The molecule has 0 spiro atoms. The van der Waals surface area contributed by atoms with Gasteiger partial charge in [0.1, 0.15) is 24.0 Å². The lowest BCUT2D eigenvalue weighted by atomic mass is 10.2. The largest absolute Gasteiger partial charge is 0.489 e. The van der Waals surface area contributed by atoms with Gasteiger partial charge >= 0.3 is 0 Å². The van der Waals surface area contributed by atoms with Gasteiger partial charge in [0.05, 0.1) is 9.50 Å². The zero-order valence-electron chi connectivity index (χ0n) is 9.09. The number of halogens is 4. The highest BCUT2D eigenvalue weighted by atomic mass is 79.9. The van der Waals surface area contributed by atoms with Gasteiger partial charge in [-0.2, -0.15) is 0 Å². The molecular formula is C13H8BrClF2O. The Balaban J connectivity index is 2.06. The van der Waals surface area contributed by atoms with Crippen molar-refractivity contribution in [2.45, 2.75) is 6.61 Å². The van der Waals surface area contributed by atoms with E-state index in [2.05, 4.69) is 15.9 Å². The third-order valence-electron chi connectivity index (χ3n) is 2.28. The molecule has 0 saturated carbocycles. The molecule has 0 fully saturated rings. The normalized spacial score (nSPS) is 10.4. The van der Waals surface area contributed by atoms with Crippen molar-refractivity contribution in [3.63, 3.8) is 0 Å². The summed E-state index contributed by atoms with van der Waals surface area (Å²) in [5, 5.41) is 0.0522. The van der Waals surface area contributed by atoms with Crippen LogP contribution in [0.2, 0.25) is 5.02 Å². The summed E-state index contributed by atoms with van der Waals surface area (Å²) in [5.41, 5.74) is 0.738. The van der Waals surface area contributed by atoms with Crippen LogP contribution in [-0.2, 0) is 6.61 Å². The number of hydrogen-bond donors (Lipinski definition) is 0. The topological polar surface area (TPSA) is 9.23 Å². The van der Waals surface area contributed by atoms with Crippen molar-refractivity contribution in [2.24, 2.45) is 0 Å². The predicted molar refractivity (Wildman–Crippen MR) is 69.8 cm³/mol. The van der Waals surface area contributed by atoms with E-state index in [0.29, 0.717) is 10.2 Å². The Bertz CT molecular complexity index is 523. The molecule has 0 heterocycles. The van der Waals surface area contributed by atoms with Crippen molar-refractivity contribution in [2.75, 3.05) is 0 Å². The zero-order chi connectivity index (χ0) is 13.1. The maximum absolute atomic E-state index is 13.0. The number of benzene rings is 2. The molecule has 0 aromatic heterocycles. The van der Waals surface area contributed by atoms with Crippen LogP contribution >= 0.6 is 27.5 Å². The SMILES string of the molecule is Fc1ccc(COc2ccc(F)c(Br)c2)cc1Cl. The van der Waals surface area contributed by atoms with Crippen molar-refractivity contribution in [3.8, 4) is 5.75 Å². The Morgan fingerprint density at radius 2 is 1.78 bits per heavy atom. The summed E-state index contributed by atoms with van der Waals surface area (Å²) in [6, 6.07) is 8.71. The Morgan fingerprint density at radius 1 is 1.06 bits per heavy atom. The van der Waals surface area contributed by atoms with Gasteiger partial charge in [-0.3, -0.25) is 0 Å². The number of rotatable bonds is 3. The number of hydrogen-bond acceptors (Lipinski definition) is 1. The Kier molecular flexibility index (Phi) is 4.19. The van der Waals surface area contributed by atoms with Gasteiger partial charge in [0.15, 0.2) is 0 Å². The van der Waals surface area contributed by atoms with Crippen molar-refractivity contribution in [1.29, 1.82) is 0 Å². The van der Waals surface area contributed by atoms with Crippen LogP contribution in [0.25, 0.3) is 0 Å². The highest BCUT2D eigenvalue weighted by Gasteiger charge is 2.04. The second kappa shape index (κ2) is 5.67. The molecule has 0 atom stereocenters. The van der Waals surface area contributed by atoms with Crippen LogP contribution in [0.1, 0.15) is 5.56 Å². The first-order valence-corrected chi connectivity index (χ1v) is 6.25. The third kappa shape index (κ3) is 3.21. The monoisotopic (exact) mass is 332 g/mol. The fourth-order valence-electron chi connectivity index (χ4n) is 1.36. The lowest BCUT2D eigenvalue weighted by molar-refractivity contribution is 0.305. The fourth-order valence-corrected chi connectivity index (χ4v) is 1.92. The summed E-state index contributed by atoms with van der Waals surface area (Å²) in [4.78, 5) is 0. The second-order valence-corrected chi connectivity index (χ2v) is 4.87. The molecule has 0 aliphatic rings. The van der Waals surface area contributed by atoms with Gasteiger partial charge in [0.2, 0.25) is 0 Å². The van der Waals surface area contributed by atoms with Crippen LogP contribution < -0.4 is 4.74 Å². The van der Waals surface area contributed by atoms with Gasteiger partial charge in [-0.1, -0.05) is 17.7 Å².